The lowest BCUT2D eigenvalue weighted by Gasteiger charge is -2.15. The molecule has 11 heavy (non-hydrogen) atoms. The highest BCUT2D eigenvalue weighted by atomic mass is 31.2. The van der Waals surface area contributed by atoms with E-state index in [4.69, 9.17) is 13.6 Å². The molecular formula is C7H6O3P+. The molecule has 0 amide bonds. The Balaban J connectivity index is 2.22. The third kappa shape index (κ3) is 0.438. The van der Waals surface area contributed by atoms with Crippen molar-refractivity contribution in [1.82, 2.24) is 0 Å². The van der Waals surface area contributed by atoms with Crippen LogP contribution in [0.3, 0.4) is 0 Å². The Kier molecular flexibility index (Phi) is 0.752. The molecule has 0 atom stereocenters. The highest BCUT2D eigenvalue weighted by molar-refractivity contribution is 7.65. The minimum absolute atomic E-state index is 0.201. The van der Waals surface area contributed by atoms with E-state index in [9.17, 15) is 0 Å². The molecule has 0 aromatic heterocycles. The van der Waals surface area contributed by atoms with E-state index in [2.05, 4.69) is 0 Å². The number of hydrogen-bond donors (Lipinski definition) is 0. The van der Waals surface area contributed by atoms with Crippen LogP contribution in [-0.4, -0.2) is 5.16 Å². The Hall–Kier alpha value is -0.950. The Morgan fingerprint density at radius 3 is 1.64 bits per heavy atom. The zero-order valence-corrected chi connectivity index (χ0v) is 6.53. The van der Waals surface area contributed by atoms with Gasteiger partial charge in [-0.3, -0.25) is 13.6 Å². The number of allylic oxidation sites excluding steroid dienone is 3. The second kappa shape index (κ2) is 1.46. The van der Waals surface area contributed by atoms with Gasteiger partial charge in [-0.05, 0) is 0 Å². The SMILES string of the molecule is C1=CC23C=CO[P+]2(O1)OC=C3. The van der Waals surface area contributed by atoms with Gasteiger partial charge < -0.3 is 0 Å². The van der Waals surface area contributed by atoms with Crippen molar-refractivity contribution in [1.29, 1.82) is 0 Å². The van der Waals surface area contributed by atoms with E-state index in [-0.39, 0.29) is 5.16 Å². The molecule has 0 N–H and O–H groups in total. The van der Waals surface area contributed by atoms with Crippen LogP contribution >= 0.6 is 7.94 Å². The van der Waals surface area contributed by atoms with Crippen LogP contribution in [0.25, 0.3) is 0 Å². The summed E-state index contributed by atoms with van der Waals surface area (Å²) in [6.07, 6.45) is 10.9. The summed E-state index contributed by atoms with van der Waals surface area (Å²) in [6, 6.07) is 0. The molecule has 3 rings (SSSR count). The van der Waals surface area contributed by atoms with E-state index in [0.29, 0.717) is 0 Å². The fraction of sp³-hybridized carbons (Fsp3) is 0.143. The molecule has 0 saturated heterocycles. The van der Waals surface area contributed by atoms with Crippen LogP contribution < -0.4 is 0 Å². The molecule has 0 aromatic rings. The average molecular weight is 169 g/mol. The normalized spacial score (nSPS) is 48.0. The molecule has 0 bridgehead atoms. The fourth-order valence-corrected chi connectivity index (χ4v) is 3.54. The standard InChI is InChI=1S/C7H6O3P/c1-4-8-11-7(1,2-5-9-11)3-6-10-11/h1-6H/q+1. The van der Waals surface area contributed by atoms with E-state index in [1.54, 1.807) is 18.8 Å². The zero-order valence-electron chi connectivity index (χ0n) is 5.64. The molecule has 0 spiro atoms. The van der Waals surface area contributed by atoms with Crippen LogP contribution in [0.5, 0.6) is 0 Å². The molecule has 0 radical (unpaired) electrons. The Morgan fingerprint density at radius 2 is 1.27 bits per heavy atom. The molecule has 0 unspecified atom stereocenters. The van der Waals surface area contributed by atoms with Crippen molar-refractivity contribution in [3.05, 3.63) is 37.0 Å². The highest BCUT2D eigenvalue weighted by Crippen LogP contribution is 2.81. The van der Waals surface area contributed by atoms with Crippen molar-refractivity contribution >= 4 is 7.94 Å². The maximum Gasteiger partial charge on any atom is 0.559 e. The van der Waals surface area contributed by atoms with Crippen LogP contribution in [-0.2, 0) is 13.6 Å². The molecule has 56 valence electrons. The fourth-order valence-electron chi connectivity index (χ4n) is 1.45. The van der Waals surface area contributed by atoms with Gasteiger partial charge in [-0.2, -0.15) is 0 Å². The van der Waals surface area contributed by atoms with Crippen LogP contribution in [0.1, 0.15) is 0 Å². The van der Waals surface area contributed by atoms with Gasteiger partial charge in [0, 0.05) is 18.2 Å². The third-order valence-corrected chi connectivity index (χ3v) is 4.67. The van der Waals surface area contributed by atoms with Crippen molar-refractivity contribution in [2.75, 3.05) is 0 Å². The van der Waals surface area contributed by atoms with Crippen molar-refractivity contribution in [2.45, 2.75) is 5.16 Å². The Morgan fingerprint density at radius 1 is 0.818 bits per heavy atom. The van der Waals surface area contributed by atoms with Crippen LogP contribution in [0.15, 0.2) is 37.0 Å². The monoisotopic (exact) mass is 169 g/mol. The van der Waals surface area contributed by atoms with Gasteiger partial charge in [-0.25, -0.2) is 0 Å². The van der Waals surface area contributed by atoms with Crippen molar-refractivity contribution in [2.24, 2.45) is 0 Å². The van der Waals surface area contributed by atoms with E-state index in [1.165, 1.54) is 0 Å². The molecule has 4 heteroatoms. The summed E-state index contributed by atoms with van der Waals surface area (Å²) in [5.74, 6) is 0. The first-order valence-corrected chi connectivity index (χ1v) is 4.89. The lowest BCUT2D eigenvalue weighted by Crippen LogP contribution is -2.15. The molecule has 0 aliphatic carbocycles. The summed E-state index contributed by atoms with van der Waals surface area (Å²) in [5.41, 5.74) is 0. The second-order valence-corrected chi connectivity index (χ2v) is 5.01. The third-order valence-electron chi connectivity index (χ3n) is 2.08. The quantitative estimate of drug-likeness (QED) is 0.520. The van der Waals surface area contributed by atoms with Crippen molar-refractivity contribution < 1.29 is 13.6 Å². The van der Waals surface area contributed by atoms with Crippen molar-refractivity contribution in [3.63, 3.8) is 0 Å². The predicted octanol–water partition coefficient (Wildman–Crippen LogP) is 2.12. The molecular weight excluding hydrogens is 163 g/mol. The average Bonchev–Trinajstić information content (AvgIpc) is 2.40. The summed E-state index contributed by atoms with van der Waals surface area (Å²) >= 11 is 0. The molecule has 0 saturated carbocycles. The van der Waals surface area contributed by atoms with Gasteiger partial charge in [0.05, 0.1) is 0 Å². The first kappa shape index (κ1) is 5.67. The molecule has 0 fully saturated rings. The zero-order chi connectivity index (χ0) is 7.36. The van der Waals surface area contributed by atoms with E-state index in [1.807, 2.05) is 18.2 Å². The molecule has 3 aliphatic heterocycles. The van der Waals surface area contributed by atoms with Crippen LogP contribution in [0.4, 0.5) is 0 Å². The minimum atomic E-state index is -2.12. The summed E-state index contributed by atoms with van der Waals surface area (Å²) < 4.78 is 16.0. The van der Waals surface area contributed by atoms with Gasteiger partial charge in [-0.15, -0.1) is 0 Å². The van der Waals surface area contributed by atoms with Crippen LogP contribution in [0, 0.1) is 0 Å². The Bertz CT molecular complexity index is 249. The predicted molar refractivity (Wildman–Crippen MR) is 40.3 cm³/mol. The maximum atomic E-state index is 5.34. The maximum absolute atomic E-state index is 5.34. The van der Waals surface area contributed by atoms with Gasteiger partial charge in [0.1, 0.15) is 18.8 Å². The second-order valence-electron chi connectivity index (χ2n) is 2.61. The summed E-state index contributed by atoms with van der Waals surface area (Å²) in [4.78, 5) is 0. The van der Waals surface area contributed by atoms with E-state index in [0.717, 1.165) is 0 Å². The number of rotatable bonds is 0. The van der Waals surface area contributed by atoms with Gasteiger partial charge in [0.25, 0.3) is 0 Å². The smallest absolute Gasteiger partial charge is 0.279 e. The molecule has 3 aliphatic rings. The first-order chi connectivity index (χ1) is 5.37. The summed E-state index contributed by atoms with van der Waals surface area (Å²) in [6.45, 7) is 0. The van der Waals surface area contributed by atoms with E-state index < -0.39 is 7.94 Å². The lowest BCUT2D eigenvalue weighted by atomic mass is 10.1. The minimum Gasteiger partial charge on any atom is -0.279 e. The molecule has 3 heterocycles. The molecule has 3 nitrogen and oxygen atoms in total. The van der Waals surface area contributed by atoms with E-state index >= 15 is 0 Å². The summed E-state index contributed by atoms with van der Waals surface area (Å²) in [7, 11) is -2.12. The molecule has 0 aromatic carbocycles. The van der Waals surface area contributed by atoms with Gasteiger partial charge >= 0.3 is 7.94 Å². The van der Waals surface area contributed by atoms with Crippen LogP contribution in [0.2, 0.25) is 0 Å². The lowest BCUT2D eigenvalue weighted by molar-refractivity contribution is 0.293. The van der Waals surface area contributed by atoms with Gasteiger partial charge in [-0.1, -0.05) is 0 Å². The van der Waals surface area contributed by atoms with Gasteiger partial charge in [0.15, 0.2) is 0 Å². The van der Waals surface area contributed by atoms with Gasteiger partial charge in [0.2, 0.25) is 5.16 Å². The summed E-state index contributed by atoms with van der Waals surface area (Å²) in [5, 5.41) is -0.201. The first-order valence-electron chi connectivity index (χ1n) is 3.34. The van der Waals surface area contributed by atoms with Crippen molar-refractivity contribution in [3.8, 4) is 0 Å². The topological polar surface area (TPSA) is 27.7 Å². The Labute approximate surface area is 64.5 Å². The highest BCUT2D eigenvalue weighted by Gasteiger charge is 2.73. The number of hydrogen-bond acceptors (Lipinski definition) is 3. The largest absolute Gasteiger partial charge is 0.559 e.